The molecule has 1 N–H and O–H groups in total. The average molecular weight is 247 g/mol. The third-order valence-electron chi connectivity index (χ3n) is 2.31. The van der Waals surface area contributed by atoms with E-state index in [4.69, 9.17) is 21.3 Å². The van der Waals surface area contributed by atoms with Gasteiger partial charge in [-0.15, -0.1) is 0 Å². The lowest BCUT2D eigenvalue weighted by Gasteiger charge is -2.02. The molecule has 0 radical (unpaired) electrons. The van der Waals surface area contributed by atoms with Gasteiger partial charge in [0.2, 0.25) is 5.76 Å². The summed E-state index contributed by atoms with van der Waals surface area (Å²) in [5, 5.41) is 12.6. The summed E-state index contributed by atoms with van der Waals surface area (Å²) in [4.78, 5) is 0. The van der Waals surface area contributed by atoms with Crippen LogP contribution < -0.4 is 5.32 Å². The number of benzene rings is 1. The number of hydrogen-bond donors (Lipinski definition) is 1. The Morgan fingerprint density at radius 1 is 1.12 bits per heavy atom. The predicted octanol–water partition coefficient (Wildman–Crippen LogP) is 3.09. The Morgan fingerprint density at radius 3 is 2.53 bits per heavy atom. The lowest BCUT2D eigenvalue weighted by Crippen LogP contribution is -2.11. The fraction of sp³-hybridized carbons (Fsp3) is 0.154. The van der Waals surface area contributed by atoms with Crippen molar-refractivity contribution < 1.29 is 4.42 Å². The Labute approximate surface area is 105 Å². The van der Waals surface area contributed by atoms with Crippen molar-refractivity contribution in [3.8, 4) is 6.07 Å². The molecule has 1 aromatic heterocycles. The Bertz CT molecular complexity index is 525. The Hall–Kier alpha value is -1.76. The van der Waals surface area contributed by atoms with Crippen molar-refractivity contribution in [3.05, 3.63) is 58.5 Å². The monoisotopic (exact) mass is 246 g/mol. The van der Waals surface area contributed by atoms with Gasteiger partial charge < -0.3 is 9.73 Å². The molecular weight excluding hydrogens is 236 g/mol. The van der Waals surface area contributed by atoms with E-state index in [0.717, 1.165) is 22.9 Å². The van der Waals surface area contributed by atoms with E-state index in [1.54, 1.807) is 12.1 Å². The summed E-state index contributed by atoms with van der Waals surface area (Å²) in [6.07, 6.45) is 0. The maximum Gasteiger partial charge on any atom is 0.203 e. The molecule has 0 bridgehead atoms. The zero-order valence-electron chi connectivity index (χ0n) is 9.11. The summed E-state index contributed by atoms with van der Waals surface area (Å²) >= 11 is 5.79. The first kappa shape index (κ1) is 11.7. The molecule has 0 aliphatic carbocycles. The summed E-state index contributed by atoms with van der Waals surface area (Å²) < 4.78 is 5.25. The zero-order valence-corrected chi connectivity index (χ0v) is 9.87. The molecular formula is C13H11ClN2O. The molecule has 2 aromatic rings. The highest BCUT2D eigenvalue weighted by atomic mass is 35.5. The van der Waals surface area contributed by atoms with E-state index in [9.17, 15) is 0 Å². The maximum absolute atomic E-state index is 8.60. The molecule has 0 spiro atoms. The summed E-state index contributed by atoms with van der Waals surface area (Å²) in [6, 6.07) is 13.1. The first-order valence-corrected chi connectivity index (χ1v) is 5.60. The number of furan rings is 1. The average Bonchev–Trinajstić information content (AvgIpc) is 2.80. The molecule has 4 heteroatoms. The number of halogens is 1. The summed E-state index contributed by atoms with van der Waals surface area (Å²) in [6.45, 7) is 1.34. The van der Waals surface area contributed by atoms with E-state index in [2.05, 4.69) is 5.32 Å². The van der Waals surface area contributed by atoms with Crippen molar-refractivity contribution in [2.45, 2.75) is 13.1 Å². The molecule has 3 nitrogen and oxygen atoms in total. The number of nitriles is 1. The number of rotatable bonds is 4. The van der Waals surface area contributed by atoms with Gasteiger partial charge >= 0.3 is 0 Å². The molecule has 0 saturated heterocycles. The number of nitrogens with zero attached hydrogens (tertiary/aromatic N) is 1. The molecule has 86 valence electrons. The highest BCUT2D eigenvalue weighted by Crippen LogP contribution is 2.10. The van der Waals surface area contributed by atoms with E-state index in [0.29, 0.717) is 12.3 Å². The van der Waals surface area contributed by atoms with Gasteiger partial charge in [0, 0.05) is 11.6 Å². The SMILES string of the molecule is N#Cc1ccc(CNCc2ccc(Cl)cc2)o1. The molecule has 1 aromatic carbocycles. The molecule has 2 rings (SSSR count). The smallest absolute Gasteiger partial charge is 0.203 e. The van der Waals surface area contributed by atoms with Gasteiger partial charge in [-0.2, -0.15) is 5.26 Å². The van der Waals surface area contributed by atoms with Gasteiger partial charge in [-0.05, 0) is 29.8 Å². The molecule has 0 atom stereocenters. The summed E-state index contributed by atoms with van der Waals surface area (Å²) in [5.74, 6) is 1.10. The molecule has 0 unspecified atom stereocenters. The van der Waals surface area contributed by atoms with E-state index < -0.39 is 0 Å². The largest absolute Gasteiger partial charge is 0.449 e. The van der Waals surface area contributed by atoms with Crippen molar-refractivity contribution in [2.75, 3.05) is 0 Å². The fourth-order valence-electron chi connectivity index (χ4n) is 1.47. The van der Waals surface area contributed by atoms with Crippen LogP contribution in [-0.2, 0) is 13.1 Å². The van der Waals surface area contributed by atoms with Crippen LogP contribution >= 0.6 is 11.6 Å². The Balaban J connectivity index is 1.83. The van der Waals surface area contributed by atoms with Crippen molar-refractivity contribution in [3.63, 3.8) is 0 Å². The van der Waals surface area contributed by atoms with Gasteiger partial charge in [-0.3, -0.25) is 0 Å². The molecule has 0 aliphatic rings. The fourth-order valence-corrected chi connectivity index (χ4v) is 1.59. The van der Waals surface area contributed by atoms with Crippen molar-refractivity contribution >= 4 is 11.6 Å². The van der Waals surface area contributed by atoms with Crippen LogP contribution in [0.1, 0.15) is 17.1 Å². The van der Waals surface area contributed by atoms with E-state index >= 15 is 0 Å². The predicted molar refractivity (Wildman–Crippen MR) is 65.4 cm³/mol. The van der Waals surface area contributed by atoms with Crippen molar-refractivity contribution in [2.24, 2.45) is 0 Å². The van der Waals surface area contributed by atoms with Crippen molar-refractivity contribution in [1.82, 2.24) is 5.32 Å². The zero-order chi connectivity index (χ0) is 12.1. The third kappa shape index (κ3) is 3.35. The van der Waals surface area contributed by atoms with Crippen LogP contribution in [0.25, 0.3) is 0 Å². The maximum atomic E-state index is 8.60. The first-order chi connectivity index (χ1) is 8.28. The minimum absolute atomic E-state index is 0.341. The molecule has 0 aliphatic heterocycles. The minimum atomic E-state index is 0.341. The van der Waals surface area contributed by atoms with Crippen LogP contribution in [0.2, 0.25) is 5.02 Å². The lowest BCUT2D eigenvalue weighted by molar-refractivity contribution is 0.474. The second-order valence-corrected chi connectivity index (χ2v) is 4.04. The molecule has 1 heterocycles. The highest BCUT2D eigenvalue weighted by Gasteiger charge is 2.00. The van der Waals surface area contributed by atoms with Crippen LogP contribution in [0.15, 0.2) is 40.8 Å². The first-order valence-electron chi connectivity index (χ1n) is 5.22. The van der Waals surface area contributed by atoms with Gasteiger partial charge in [0.1, 0.15) is 11.8 Å². The van der Waals surface area contributed by atoms with Crippen LogP contribution in [0, 0.1) is 11.3 Å². The summed E-state index contributed by atoms with van der Waals surface area (Å²) in [5.41, 5.74) is 1.15. The quantitative estimate of drug-likeness (QED) is 0.902. The second kappa shape index (κ2) is 5.53. The molecule has 0 fully saturated rings. The van der Waals surface area contributed by atoms with Gasteiger partial charge in [-0.25, -0.2) is 0 Å². The van der Waals surface area contributed by atoms with E-state index in [1.807, 2.05) is 30.3 Å². The lowest BCUT2D eigenvalue weighted by atomic mass is 10.2. The normalized spacial score (nSPS) is 10.1. The minimum Gasteiger partial charge on any atom is -0.449 e. The standard InChI is InChI=1S/C13H11ClN2O/c14-11-3-1-10(2-4-11)8-16-9-13-6-5-12(7-15)17-13/h1-6,16H,8-9H2. The van der Waals surface area contributed by atoms with Crippen LogP contribution in [0.5, 0.6) is 0 Å². The number of nitrogens with one attached hydrogen (secondary N) is 1. The summed E-state index contributed by atoms with van der Waals surface area (Å²) in [7, 11) is 0. The van der Waals surface area contributed by atoms with Gasteiger partial charge in [0.15, 0.2) is 0 Å². The highest BCUT2D eigenvalue weighted by molar-refractivity contribution is 6.30. The van der Waals surface area contributed by atoms with Crippen LogP contribution in [-0.4, -0.2) is 0 Å². The molecule has 0 saturated carbocycles. The van der Waals surface area contributed by atoms with Crippen LogP contribution in [0.3, 0.4) is 0 Å². The van der Waals surface area contributed by atoms with Gasteiger partial charge in [0.25, 0.3) is 0 Å². The van der Waals surface area contributed by atoms with E-state index in [-0.39, 0.29) is 0 Å². The molecule has 17 heavy (non-hydrogen) atoms. The molecule has 0 amide bonds. The van der Waals surface area contributed by atoms with Crippen molar-refractivity contribution in [1.29, 1.82) is 5.26 Å². The van der Waals surface area contributed by atoms with Crippen LogP contribution in [0.4, 0.5) is 0 Å². The van der Waals surface area contributed by atoms with Gasteiger partial charge in [0.05, 0.1) is 6.54 Å². The second-order valence-electron chi connectivity index (χ2n) is 3.61. The Kier molecular flexibility index (Phi) is 3.81. The van der Waals surface area contributed by atoms with E-state index in [1.165, 1.54) is 0 Å². The van der Waals surface area contributed by atoms with Gasteiger partial charge in [-0.1, -0.05) is 23.7 Å². The number of hydrogen-bond acceptors (Lipinski definition) is 3. The topological polar surface area (TPSA) is 49.0 Å². The Morgan fingerprint density at radius 2 is 1.88 bits per heavy atom. The third-order valence-corrected chi connectivity index (χ3v) is 2.57.